The lowest BCUT2D eigenvalue weighted by atomic mass is 9.97. The number of rotatable bonds is 2. The van der Waals surface area contributed by atoms with E-state index in [1.807, 2.05) is 6.92 Å². The van der Waals surface area contributed by atoms with Gasteiger partial charge in [0.25, 0.3) is 0 Å². The molecule has 0 aromatic heterocycles. The summed E-state index contributed by atoms with van der Waals surface area (Å²) in [6.07, 6.45) is 0.603. The van der Waals surface area contributed by atoms with Crippen LogP contribution in [0.15, 0.2) is 11.3 Å². The summed E-state index contributed by atoms with van der Waals surface area (Å²) in [6.45, 7) is 3.61. The van der Waals surface area contributed by atoms with Crippen molar-refractivity contribution in [2.45, 2.75) is 26.4 Å². The zero-order valence-corrected chi connectivity index (χ0v) is 7.89. The van der Waals surface area contributed by atoms with Crippen LogP contribution in [0.4, 0.5) is 0 Å². The summed E-state index contributed by atoms with van der Waals surface area (Å²) in [4.78, 5) is 10.9. The van der Waals surface area contributed by atoms with Gasteiger partial charge in [-0.2, -0.15) is 0 Å². The van der Waals surface area contributed by atoms with Crippen molar-refractivity contribution in [2.75, 3.05) is 6.61 Å². The molecule has 1 aliphatic rings. The molecule has 0 aromatic carbocycles. The van der Waals surface area contributed by atoms with Gasteiger partial charge in [-0.25, -0.2) is 0 Å². The lowest BCUT2D eigenvalue weighted by Gasteiger charge is -2.23. The van der Waals surface area contributed by atoms with E-state index in [1.54, 1.807) is 0 Å². The average Bonchev–Trinajstić information content (AvgIpc) is 2.08. The van der Waals surface area contributed by atoms with Crippen molar-refractivity contribution in [3.8, 4) is 0 Å². The molecule has 3 N–H and O–H groups in total. The van der Waals surface area contributed by atoms with Crippen LogP contribution in [0.1, 0.15) is 20.3 Å². The number of carbonyl (C=O) groups is 1. The minimum absolute atomic E-state index is 0.0210. The van der Waals surface area contributed by atoms with E-state index in [-0.39, 0.29) is 17.6 Å². The van der Waals surface area contributed by atoms with Crippen molar-refractivity contribution in [3.63, 3.8) is 0 Å². The van der Waals surface area contributed by atoms with Crippen molar-refractivity contribution >= 4 is 11.5 Å². The molecule has 1 heterocycles. The quantitative estimate of drug-likeness (QED) is 0.614. The van der Waals surface area contributed by atoms with E-state index < -0.39 is 0 Å². The van der Waals surface area contributed by atoms with Crippen LogP contribution in [0.5, 0.6) is 0 Å². The highest BCUT2D eigenvalue weighted by molar-refractivity contribution is 6.44. The highest BCUT2D eigenvalue weighted by Crippen LogP contribution is 2.18. The fourth-order valence-corrected chi connectivity index (χ4v) is 1.27. The summed E-state index contributed by atoms with van der Waals surface area (Å²) in [5.74, 6) is -0.243. The molecule has 0 fully saturated rings. The van der Waals surface area contributed by atoms with E-state index in [1.165, 1.54) is 6.92 Å². The van der Waals surface area contributed by atoms with Gasteiger partial charge in [0, 0.05) is 24.6 Å². The maximum Gasteiger partial charge on any atom is 0.177 e. The molecule has 0 aromatic rings. The van der Waals surface area contributed by atoms with Crippen molar-refractivity contribution in [1.82, 2.24) is 0 Å². The Hall–Kier alpha value is -1.16. The summed E-state index contributed by atoms with van der Waals surface area (Å²) in [7, 11) is 0. The predicted octanol–water partition coefficient (Wildman–Crippen LogP) is 0.617. The van der Waals surface area contributed by atoms with E-state index in [0.717, 1.165) is 0 Å². The van der Waals surface area contributed by atoms with Gasteiger partial charge in [0.05, 0.1) is 12.7 Å². The molecule has 1 atom stereocenters. The largest absolute Gasteiger partial charge is 0.400 e. The summed E-state index contributed by atoms with van der Waals surface area (Å²) in [5.41, 5.74) is 6.82. The minimum Gasteiger partial charge on any atom is -0.400 e. The highest BCUT2D eigenvalue weighted by Gasteiger charge is 2.21. The van der Waals surface area contributed by atoms with Crippen LogP contribution >= 0.6 is 0 Å². The van der Waals surface area contributed by atoms with Gasteiger partial charge in [-0.05, 0) is 6.92 Å². The van der Waals surface area contributed by atoms with Gasteiger partial charge in [0.2, 0.25) is 0 Å². The number of Topliss-reactive ketones (excluding diaryl/α,β-unsaturated/α-hetero) is 1. The van der Waals surface area contributed by atoms with Gasteiger partial charge >= 0.3 is 0 Å². The smallest absolute Gasteiger partial charge is 0.177 e. The fourth-order valence-electron chi connectivity index (χ4n) is 1.27. The van der Waals surface area contributed by atoms with Crippen LogP contribution in [0.2, 0.25) is 0 Å². The Morgan fingerprint density at radius 3 is 2.85 bits per heavy atom. The first-order valence-corrected chi connectivity index (χ1v) is 4.21. The summed E-state index contributed by atoms with van der Waals surface area (Å²) >= 11 is 0. The second-order valence-electron chi connectivity index (χ2n) is 3.26. The van der Waals surface area contributed by atoms with E-state index in [2.05, 4.69) is 0 Å². The Labute approximate surface area is 77.3 Å². The SMILES string of the molecule is CC(=O)C(=N)C1=C(N)CO[C@@H](C)C1. The van der Waals surface area contributed by atoms with Crippen molar-refractivity contribution < 1.29 is 9.53 Å². The molecule has 0 radical (unpaired) electrons. The molecule has 0 bridgehead atoms. The summed E-state index contributed by atoms with van der Waals surface area (Å²) in [6, 6.07) is 0. The zero-order chi connectivity index (χ0) is 10.0. The third-order valence-corrected chi connectivity index (χ3v) is 2.06. The van der Waals surface area contributed by atoms with Gasteiger partial charge < -0.3 is 10.5 Å². The summed E-state index contributed by atoms with van der Waals surface area (Å²) in [5, 5.41) is 7.52. The predicted molar refractivity (Wildman–Crippen MR) is 49.7 cm³/mol. The molecule has 0 amide bonds. The van der Waals surface area contributed by atoms with Gasteiger partial charge in [-0.3, -0.25) is 10.2 Å². The van der Waals surface area contributed by atoms with Crippen LogP contribution < -0.4 is 5.73 Å². The molecule has 4 heteroatoms. The molecule has 0 saturated heterocycles. The highest BCUT2D eigenvalue weighted by atomic mass is 16.5. The van der Waals surface area contributed by atoms with Gasteiger partial charge in [0.1, 0.15) is 5.71 Å². The molecule has 4 nitrogen and oxygen atoms in total. The first kappa shape index (κ1) is 9.92. The molecular weight excluding hydrogens is 168 g/mol. The monoisotopic (exact) mass is 182 g/mol. The molecule has 0 aliphatic carbocycles. The Morgan fingerprint density at radius 1 is 1.69 bits per heavy atom. The molecule has 1 aliphatic heterocycles. The van der Waals surface area contributed by atoms with Crippen LogP contribution in [-0.2, 0) is 9.53 Å². The Bertz CT molecular complexity index is 281. The summed E-state index contributed by atoms with van der Waals surface area (Å²) < 4.78 is 5.26. The van der Waals surface area contributed by atoms with Crippen LogP contribution in [0.25, 0.3) is 0 Å². The molecule has 72 valence electrons. The Morgan fingerprint density at radius 2 is 2.31 bits per heavy atom. The first-order chi connectivity index (χ1) is 6.02. The molecule has 1 rings (SSSR count). The number of ether oxygens (including phenoxy) is 1. The van der Waals surface area contributed by atoms with Gasteiger partial charge in [-0.15, -0.1) is 0 Å². The van der Waals surface area contributed by atoms with E-state index >= 15 is 0 Å². The maximum atomic E-state index is 10.9. The topological polar surface area (TPSA) is 76.2 Å². The molecule has 0 spiro atoms. The van der Waals surface area contributed by atoms with Crippen molar-refractivity contribution in [3.05, 3.63) is 11.3 Å². The van der Waals surface area contributed by atoms with Gasteiger partial charge in [0.15, 0.2) is 5.78 Å². The van der Waals surface area contributed by atoms with Crippen molar-refractivity contribution in [1.29, 1.82) is 5.41 Å². The van der Waals surface area contributed by atoms with Crippen LogP contribution in [0, 0.1) is 5.41 Å². The normalized spacial score (nSPS) is 23.1. The standard InChI is InChI=1S/C9H14N2O2/c1-5-3-7(8(10)4-13-5)9(11)6(2)12/h5,11H,3-4,10H2,1-2H3/t5-/m0/s1. The van der Waals surface area contributed by atoms with E-state index in [0.29, 0.717) is 24.3 Å². The van der Waals surface area contributed by atoms with E-state index in [4.69, 9.17) is 15.9 Å². The fraction of sp³-hybridized carbons (Fsp3) is 0.556. The third kappa shape index (κ3) is 2.15. The average molecular weight is 182 g/mol. The molecule has 13 heavy (non-hydrogen) atoms. The lowest BCUT2D eigenvalue weighted by molar-refractivity contribution is -0.111. The number of nitrogens with one attached hydrogen (secondary N) is 1. The first-order valence-electron chi connectivity index (χ1n) is 4.21. The number of carbonyl (C=O) groups excluding carboxylic acids is 1. The Kier molecular flexibility index (Phi) is 2.83. The molecule has 0 unspecified atom stereocenters. The van der Waals surface area contributed by atoms with E-state index in [9.17, 15) is 4.79 Å². The van der Waals surface area contributed by atoms with Crippen LogP contribution in [-0.4, -0.2) is 24.2 Å². The third-order valence-electron chi connectivity index (χ3n) is 2.06. The number of hydrogen-bond donors (Lipinski definition) is 2. The van der Waals surface area contributed by atoms with Gasteiger partial charge in [-0.1, -0.05) is 0 Å². The maximum absolute atomic E-state index is 10.9. The number of hydrogen-bond acceptors (Lipinski definition) is 4. The lowest BCUT2D eigenvalue weighted by Crippen LogP contribution is -2.28. The molecule has 0 saturated carbocycles. The molecular formula is C9H14N2O2. The minimum atomic E-state index is -0.243. The zero-order valence-electron chi connectivity index (χ0n) is 7.89. The number of nitrogens with two attached hydrogens (primary N) is 1. The number of ketones is 1. The van der Waals surface area contributed by atoms with Crippen molar-refractivity contribution in [2.24, 2.45) is 5.73 Å². The second-order valence-corrected chi connectivity index (χ2v) is 3.26. The Balaban J connectivity index is 2.88. The van der Waals surface area contributed by atoms with Crippen LogP contribution in [0.3, 0.4) is 0 Å². The second kappa shape index (κ2) is 3.70.